The van der Waals surface area contributed by atoms with Crippen molar-refractivity contribution in [3.05, 3.63) is 85.5 Å². The number of aliphatic imine (C=N–C) groups is 1. The van der Waals surface area contributed by atoms with Crippen LogP contribution in [0.3, 0.4) is 0 Å². The van der Waals surface area contributed by atoms with Crippen LogP contribution in [-0.4, -0.2) is 20.7 Å². The Kier molecular flexibility index (Phi) is 7.97. The molecule has 35 heavy (non-hydrogen) atoms. The molecule has 0 aliphatic heterocycles. The van der Waals surface area contributed by atoms with Crippen LogP contribution in [0.15, 0.2) is 52.2 Å². The lowest BCUT2D eigenvalue weighted by molar-refractivity contribution is 0.300. The Balaban J connectivity index is 1.93. The molecular formula is C25H26Cl2FN5O2. The normalized spacial score (nSPS) is 12.4. The first kappa shape index (κ1) is 26.4. The summed E-state index contributed by atoms with van der Waals surface area (Å²) in [6.45, 7) is 9.52. The number of ether oxygens (including phenoxy) is 1. The number of hydrogen-bond acceptors (Lipinski definition) is 6. The molecule has 3 aromatic rings. The standard InChI is InChI=1S/C25H26Cl2FN5O2/c1-14-11-32-22(30-7-6-21(29)25(3,4)5)10-19(14)33-15(2)8-20(23(27)24(33)34)35-13-18-17(26)9-16(28)12-31-18/h6-12H,13,29H2,1-5H3. The summed E-state index contributed by atoms with van der Waals surface area (Å²) >= 11 is 12.4. The second kappa shape index (κ2) is 10.6. The largest absolute Gasteiger partial charge is 0.485 e. The van der Waals surface area contributed by atoms with Crippen molar-refractivity contribution in [3.8, 4) is 11.4 Å². The number of pyridine rings is 3. The number of aromatic nitrogens is 3. The van der Waals surface area contributed by atoms with Gasteiger partial charge in [0.25, 0.3) is 5.56 Å². The minimum absolute atomic E-state index is 0.0832. The van der Waals surface area contributed by atoms with Crippen LogP contribution < -0.4 is 16.0 Å². The fourth-order valence-corrected chi connectivity index (χ4v) is 3.44. The third kappa shape index (κ3) is 6.26. The zero-order valence-corrected chi connectivity index (χ0v) is 21.6. The van der Waals surface area contributed by atoms with Crippen molar-refractivity contribution in [1.29, 1.82) is 0 Å². The Hall–Kier alpha value is -3.23. The molecular weight excluding hydrogens is 492 g/mol. The Morgan fingerprint density at radius 1 is 1.20 bits per heavy atom. The summed E-state index contributed by atoms with van der Waals surface area (Å²) in [6.07, 6.45) is 5.97. The van der Waals surface area contributed by atoms with Gasteiger partial charge in [-0.1, -0.05) is 44.0 Å². The third-order valence-corrected chi connectivity index (χ3v) is 5.85. The van der Waals surface area contributed by atoms with E-state index in [9.17, 15) is 9.18 Å². The predicted molar refractivity (Wildman–Crippen MR) is 138 cm³/mol. The van der Waals surface area contributed by atoms with Gasteiger partial charge in [0.1, 0.15) is 23.2 Å². The maximum absolute atomic E-state index is 13.2. The summed E-state index contributed by atoms with van der Waals surface area (Å²) in [4.78, 5) is 25.8. The number of hydrogen-bond donors (Lipinski definition) is 1. The van der Waals surface area contributed by atoms with Gasteiger partial charge in [-0.25, -0.2) is 14.4 Å². The summed E-state index contributed by atoms with van der Waals surface area (Å²) in [5, 5.41) is 0.00163. The maximum atomic E-state index is 13.2. The second-order valence-electron chi connectivity index (χ2n) is 8.95. The highest BCUT2D eigenvalue weighted by molar-refractivity contribution is 6.32. The first-order chi connectivity index (χ1) is 16.4. The van der Waals surface area contributed by atoms with Crippen molar-refractivity contribution < 1.29 is 9.13 Å². The molecule has 0 spiro atoms. The molecule has 0 amide bonds. The van der Waals surface area contributed by atoms with Gasteiger partial charge in [0.15, 0.2) is 5.82 Å². The summed E-state index contributed by atoms with van der Waals surface area (Å²) < 4.78 is 20.4. The van der Waals surface area contributed by atoms with Crippen molar-refractivity contribution in [2.75, 3.05) is 0 Å². The predicted octanol–water partition coefficient (Wildman–Crippen LogP) is 5.86. The van der Waals surface area contributed by atoms with E-state index in [1.54, 1.807) is 37.5 Å². The highest BCUT2D eigenvalue weighted by atomic mass is 35.5. The Morgan fingerprint density at radius 2 is 1.91 bits per heavy atom. The molecule has 2 N–H and O–H groups in total. The van der Waals surface area contributed by atoms with Crippen LogP contribution in [0.5, 0.6) is 5.75 Å². The van der Waals surface area contributed by atoms with Crippen LogP contribution in [0.1, 0.15) is 37.7 Å². The molecule has 0 saturated heterocycles. The lowest BCUT2D eigenvalue weighted by Crippen LogP contribution is -2.22. The lowest BCUT2D eigenvalue weighted by atomic mass is 9.92. The van der Waals surface area contributed by atoms with Crippen molar-refractivity contribution in [3.63, 3.8) is 0 Å². The number of nitrogens with zero attached hydrogens (tertiary/aromatic N) is 4. The van der Waals surface area contributed by atoms with E-state index in [0.29, 0.717) is 28.6 Å². The van der Waals surface area contributed by atoms with Gasteiger partial charge in [0, 0.05) is 41.4 Å². The van der Waals surface area contributed by atoms with Crippen LogP contribution in [0.2, 0.25) is 10.0 Å². The van der Waals surface area contributed by atoms with Crippen molar-refractivity contribution in [1.82, 2.24) is 14.5 Å². The number of allylic oxidation sites excluding steroid dienone is 2. The Bertz CT molecular complexity index is 1380. The topological polar surface area (TPSA) is 95.4 Å². The van der Waals surface area contributed by atoms with E-state index in [1.807, 2.05) is 27.7 Å². The smallest absolute Gasteiger partial charge is 0.277 e. The van der Waals surface area contributed by atoms with E-state index in [4.69, 9.17) is 33.7 Å². The molecule has 3 heterocycles. The number of aryl methyl sites for hydroxylation is 2. The summed E-state index contributed by atoms with van der Waals surface area (Å²) in [6, 6.07) is 4.47. The van der Waals surface area contributed by atoms with E-state index in [0.717, 1.165) is 17.8 Å². The van der Waals surface area contributed by atoms with Crippen molar-refractivity contribution in [2.24, 2.45) is 16.1 Å². The zero-order valence-electron chi connectivity index (χ0n) is 20.1. The molecule has 0 aliphatic rings. The highest BCUT2D eigenvalue weighted by Gasteiger charge is 2.17. The monoisotopic (exact) mass is 517 g/mol. The SMILES string of the molecule is Cc1cnc(N=CC=C(N)C(C)(C)C)cc1-n1c(C)cc(OCc2ncc(F)cc2Cl)c(Cl)c1=O. The molecule has 7 nitrogen and oxygen atoms in total. The van der Waals surface area contributed by atoms with Crippen molar-refractivity contribution in [2.45, 2.75) is 41.2 Å². The number of halogens is 3. The van der Waals surface area contributed by atoms with Crippen LogP contribution in [0, 0.1) is 25.1 Å². The van der Waals surface area contributed by atoms with Gasteiger partial charge in [0.2, 0.25) is 0 Å². The molecule has 184 valence electrons. The Labute approximate surface area is 213 Å². The van der Waals surface area contributed by atoms with Gasteiger partial charge < -0.3 is 10.5 Å². The lowest BCUT2D eigenvalue weighted by Gasteiger charge is -2.18. The molecule has 0 bridgehead atoms. The van der Waals surface area contributed by atoms with Gasteiger partial charge in [-0.2, -0.15) is 0 Å². The van der Waals surface area contributed by atoms with Crippen LogP contribution in [0.25, 0.3) is 5.69 Å². The van der Waals surface area contributed by atoms with Gasteiger partial charge in [0.05, 0.1) is 22.6 Å². The van der Waals surface area contributed by atoms with Gasteiger partial charge >= 0.3 is 0 Å². The van der Waals surface area contributed by atoms with Gasteiger partial charge in [-0.15, -0.1) is 0 Å². The zero-order chi connectivity index (χ0) is 25.9. The second-order valence-corrected chi connectivity index (χ2v) is 9.74. The fourth-order valence-electron chi connectivity index (χ4n) is 3.04. The molecule has 10 heteroatoms. The van der Waals surface area contributed by atoms with E-state index >= 15 is 0 Å². The molecule has 0 aliphatic carbocycles. The van der Waals surface area contributed by atoms with E-state index in [-0.39, 0.29) is 27.8 Å². The molecule has 0 aromatic carbocycles. The summed E-state index contributed by atoms with van der Waals surface area (Å²) in [7, 11) is 0. The quantitative estimate of drug-likeness (QED) is 0.413. The van der Waals surface area contributed by atoms with Gasteiger partial charge in [-0.05, 0) is 31.6 Å². The van der Waals surface area contributed by atoms with E-state index in [2.05, 4.69) is 15.0 Å². The maximum Gasteiger partial charge on any atom is 0.277 e. The average molecular weight is 518 g/mol. The number of rotatable bonds is 6. The van der Waals surface area contributed by atoms with Crippen LogP contribution in [-0.2, 0) is 6.61 Å². The average Bonchev–Trinajstić information content (AvgIpc) is 2.77. The first-order valence-corrected chi connectivity index (χ1v) is 11.5. The molecule has 0 saturated carbocycles. The molecule has 0 unspecified atom stereocenters. The third-order valence-electron chi connectivity index (χ3n) is 5.18. The molecule has 0 radical (unpaired) electrons. The molecule has 0 fully saturated rings. The van der Waals surface area contributed by atoms with Crippen LogP contribution in [0.4, 0.5) is 10.2 Å². The first-order valence-electron chi connectivity index (χ1n) is 10.7. The van der Waals surface area contributed by atoms with Crippen molar-refractivity contribution >= 4 is 35.2 Å². The summed E-state index contributed by atoms with van der Waals surface area (Å²) in [5.74, 6) is 0.0176. The fraction of sp³-hybridized carbons (Fsp3) is 0.280. The molecule has 3 rings (SSSR count). The molecule has 3 aromatic heterocycles. The van der Waals surface area contributed by atoms with Crippen LogP contribution >= 0.6 is 23.2 Å². The minimum atomic E-state index is -0.555. The Morgan fingerprint density at radius 3 is 2.57 bits per heavy atom. The van der Waals surface area contributed by atoms with Gasteiger partial charge in [-0.3, -0.25) is 14.3 Å². The summed E-state index contributed by atoms with van der Waals surface area (Å²) in [5.41, 5.74) is 8.32. The van der Waals surface area contributed by atoms with E-state index in [1.165, 1.54) is 4.57 Å². The minimum Gasteiger partial charge on any atom is -0.485 e. The number of nitrogens with two attached hydrogens (primary N) is 1. The molecule has 0 atom stereocenters. The van der Waals surface area contributed by atoms with E-state index < -0.39 is 11.4 Å². The highest BCUT2D eigenvalue weighted by Crippen LogP contribution is 2.27.